The fourth-order valence-electron chi connectivity index (χ4n) is 2.74. The second kappa shape index (κ2) is 8.35. The van der Waals surface area contributed by atoms with Crippen molar-refractivity contribution < 1.29 is 18.7 Å². The van der Waals surface area contributed by atoms with Crippen LogP contribution < -0.4 is 14.8 Å². The van der Waals surface area contributed by atoms with Crippen molar-refractivity contribution in [3.05, 3.63) is 66.5 Å². The van der Waals surface area contributed by atoms with Gasteiger partial charge in [0.15, 0.2) is 0 Å². The summed E-state index contributed by atoms with van der Waals surface area (Å²) in [7, 11) is 3.16. The molecule has 0 saturated carbocycles. The molecule has 0 aliphatic carbocycles. The van der Waals surface area contributed by atoms with Crippen LogP contribution in [0.2, 0.25) is 0 Å². The summed E-state index contributed by atoms with van der Waals surface area (Å²) in [6.07, 6.45) is 5.44. The zero-order chi connectivity index (χ0) is 19.2. The summed E-state index contributed by atoms with van der Waals surface area (Å²) in [6.45, 7) is 0. The topological polar surface area (TPSA) is 65.4 Å². The van der Waals surface area contributed by atoms with Crippen LogP contribution >= 0.6 is 0 Å². The first-order valence-corrected chi connectivity index (χ1v) is 8.39. The first kappa shape index (κ1) is 18.4. The number of benzene rings is 2. The molecule has 1 aromatic heterocycles. The van der Waals surface area contributed by atoms with Gasteiger partial charge in [0.25, 0.3) is 0 Å². The number of anilines is 1. The van der Waals surface area contributed by atoms with Gasteiger partial charge in [-0.25, -0.2) is 9.37 Å². The van der Waals surface area contributed by atoms with Crippen molar-refractivity contribution in [2.45, 2.75) is 12.8 Å². The number of ether oxygens (including phenoxy) is 2. The lowest BCUT2D eigenvalue weighted by molar-refractivity contribution is -0.116. The molecular formula is C20H20FN3O3. The van der Waals surface area contributed by atoms with E-state index in [9.17, 15) is 9.18 Å². The predicted molar refractivity (Wildman–Crippen MR) is 100 cm³/mol. The van der Waals surface area contributed by atoms with Crippen molar-refractivity contribution in [1.29, 1.82) is 0 Å². The molecule has 1 N–H and O–H groups in total. The fraction of sp³-hybridized carbons (Fsp3) is 0.200. The maximum atomic E-state index is 14.3. The molecule has 1 amide bonds. The van der Waals surface area contributed by atoms with Crippen LogP contribution in [0.15, 0.2) is 55.1 Å². The van der Waals surface area contributed by atoms with E-state index in [0.29, 0.717) is 29.3 Å². The predicted octanol–water partition coefficient (Wildman–Crippen LogP) is 3.60. The lowest BCUT2D eigenvalue weighted by Gasteiger charge is -2.11. The number of hydrogen-bond donors (Lipinski definition) is 1. The summed E-state index contributed by atoms with van der Waals surface area (Å²) in [5.74, 6) is 0.734. The minimum atomic E-state index is -0.444. The largest absolute Gasteiger partial charge is 0.497 e. The molecule has 0 bridgehead atoms. The third-order valence-electron chi connectivity index (χ3n) is 4.12. The molecule has 7 heteroatoms. The highest BCUT2D eigenvalue weighted by molar-refractivity contribution is 5.91. The van der Waals surface area contributed by atoms with Gasteiger partial charge < -0.3 is 19.4 Å². The number of aromatic nitrogens is 2. The quantitative estimate of drug-likeness (QED) is 0.691. The Hall–Kier alpha value is -3.35. The van der Waals surface area contributed by atoms with E-state index in [2.05, 4.69) is 10.3 Å². The number of nitrogens with zero attached hydrogens (tertiary/aromatic N) is 2. The van der Waals surface area contributed by atoms with Gasteiger partial charge in [0.1, 0.15) is 17.3 Å². The Kier molecular flexibility index (Phi) is 5.71. The van der Waals surface area contributed by atoms with Crippen molar-refractivity contribution in [3.63, 3.8) is 0 Å². The van der Waals surface area contributed by atoms with Crippen LogP contribution in [0.1, 0.15) is 12.0 Å². The van der Waals surface area contributed by atoms with Gasteiger partial charge in [0.2, 0.25) is 5.91 Å². The molecule has 0 saturated heterocycles. The van der Waals surface area contributed by atoms with Crippen LogP contribution in [0.3, 0.4) is 0 Å². The van der Waals surface area contributed by atoms with E-state index >= 15 is 0 Å². The van der Waals surface area contributed by atoms with Crippen LogP contribution in [0.5, 0.6) is 11.5 Å². The lowest BCUT2D eigenvalue weighted by atomic mass is 10.1. The minimum Gasteiger partial charge on any atom is -0.497 e. The molecule has 0 aliphatic heterocycles. The van der Waals surface area contributed by atoms with Crippen molar-refractivity contribution in [1.82, 2.24) is 9.55 Å². The van der Waals surface area contributed by atoms with E-state index in [0.717, 1.165) is 5.56 Å². The Morgan fingerprint density at radius 1 is 1.19 bits per heavy atom. The Bertz CT molecular complexity index is 926. The molecule has 140 valence electrons. The zero-order valence-electron chi connectivity index (χ0n) is 15.1. The van der Waals surface area contributed by atoms with E-state index in [4.69, 9.17) is 9.47 Å². The number of nitrogens with one attached hydrogen (secondary N) is 1. The van der Waals surface area contributed by atoms with Crippen molar-refractivity contribution >= 4 is 11.6 Å². The van der Waals surface area contributed by atoms with Gasteiger partial charge in [-0.05, 0) is 48.4 Å². The number of halogens is 1. The van der Waals surface area contributed by atoms with Crippen molar-refractivity contribution in [3.8, 4) is 17.2 Å². The fourth-order valence-corrected chi connectivity index (χ4v) is 2.74. The molecule has 2 aromatic carbocycles. The molecule has 0 spiro atoms. The Labute approximate surface area is 156 Å². The molecule has 27 heavy (non-hydrogen) atoms. The highest BCUT2D eigenvalue weighted by Gasteiger charge is 2.10. The number of hydrogen-bond acceptors (Lipinski definition) is 4. The summed E-state index contributed by atoms with van der Waals surface area (Å²) in [4.78, 5) is 16.1. The summed E-state index contributed by atoms with van der Waals surface area (Å²) in [5, 5.41) is 2.72. The monoisotopic (exact) mass is 369 g/mol. The third-order valence-corrected chi connectivity index (χ3v) is 4.12. The van der Waals surface area contributed by atoms with Crippen LogP contribution in [0, 0.1) is 5.82 Å². The second-order valence-corrected chi connectivity index (χ2v) is 5.86. The molecule has 3 rings (SSSR count). The Morgan fingerprint density at radius 2 is 2.04 bits per heavy atom. The number of carbonyl (C=O) groups excluding carboxylic acids is 1. The maximum Gasteiger partial charge on any atom is 0.224 e. The van der Waals surface area contributed by atoms with E-state index in [-0.39, 0.29) is 12.3 Å². The molecule has 0 radical (unpaired) electrons. The third kappa shape index (κ3) is 4.44. The van der Waals surface area contributed by atoms with Crippen LogP contribution in [0.4, 0.5) is 10.1 Å². The molecule has 3 aromatic rings. The highest BCUT2D eigenvalue weighted by Crippen LogP contribution is 2.25. The molecule has 0 atom stereocenters. The molecule has 0 aliphatic rings. The summed E-state index contributed by atoms with van der Waals surface area (Å²) >= 11 is 0. The summed E-state index contributed by atoms with van der Waals surface area (Å²) < 4.78 is 26.4. The van der Waals surface area contributed by atoms with Gasteiger partial charge in [0, 0.05) is 24.5 Å². The smallest absolute Gasteiger partial charge is 0.224 e. The van der Waals surface area contributed by atoms with Gasteiger partial charge in [-0.2, -0.15) is 0 Å². The van der Waals surface area contributed by atoms with Gasteiger partial charge in [-0.1, -0.05) is 0 Å². The van der Waals surface area contributed by atoms with E-state index < -0.39 is 5.82 Å². The molecule has 1 heterocycles. The highest BCUT2D eigenvalue weighted by atomic mass is 19.1. The Morgan fingerprint density at radius 3 is 2.70 bits per heavy atom. The number of carbonyl (C=O) groups is 1. The lowest BCUT2D eigenvalue weighted by Crippen LogP contribution is -2.13. The number of imidazole rings is 1. The zero-order valence-corrected chi connectivity index (χ0v) is 15.1. The molecule has 6 nitrogen and oxygen atoms in total. The first-order valence-electron chi connectivity index (χ1n) is 8.39. The minimum absolute atomic E-state index is 0.213. The molecule has 0 unspecified atom stereocenters. The number of aryl methyl sites for hydroxylation is 1. The standard InChI is InChI=1S/C20H20FN3O3/c1-26-16-5-7-19(27-2)14(11-16)3-8-20(25)23-15-4-6-18(17(21)12-15)24-10-9-22-13-24/h4-7,9-13H,3,8H2,1-2H3,(H,23,25). The maximum absolute atomic E-state index is 14.3. The first-order chi connectivity index (χ1) is 13.1. The summed E-state index contributed by atoms with van der Waals surface area (Å²) in [6, 6.07) is 9.98. The van der Waals surface area contributed by atoms with Gasteiger partial charge in [-0.15, -0.1) is 0 Å². The SMILES string of the molecule is COc1ccc(OC)c(CCC(=O)Nc2ccc(-n3ccnc3)c(F)c2)c1. The van der Waals surface area contributed by atoms with Gasteiger partial charge in [0.05, 0.1) is 26.2 Å². The average molecular weight is 369 g/mol. The van der Waals surface area contributed by atoms with E-state index in [1.807, 2.05) is 6.07 Å². The van der Waals surface area contributed by atoms with Crippen LogP contribution in [0.25, 0.3) is 5.69 Å². The van der Waals surface area contributed by atoms with Crippen LogP contribution in [-0.2, 0) is 11.2 Å². The summed E-state index contributed by atoms with van der Waals surface area (Å²) in [5.41, 5.74) is 1.64. The van der Waals surface area contributed by atoms with Gasteiger partial charge >= 0.3 is 0 Å². The van der Waals surface area contributed by atoms with Crippen molar-refractivity contribution in [2.24, 2.45) is 0 Å². The van der Waals surface area contributed by atoms with Crippen molar-refractivity contribution in [2.75, 3.05) is 19.5 Å². The number of methoxy groups -OCH3 is 2. The molecular weight excluding hydrogens is 349 g/mol. The average Bonchev–Trinajstić information content (AvgIpc) is 3.20. The Balaban J connectivity index is 1.64. The number of rotatable bonds is 7. The number of amides is 1. The van der Waals surface area contributed by atoms with E-state index in [1.165, 1.54) is 12.4 Å². The molecule has 0 fully saturated rings. The van der Waals surface area contributed by atoms with E-state index in [1.54, 1.807) is 55.4 Å². The van der Waals surface area contributed by atoms with Crippen LogP contribution in [-0.4, -0.2) is 29.7 Å². The normalized spacial score (nSPS) is 10.5. The van der Waals surface area contributed by atoms with Gasteiger partial charge in [-0.3, -0.25) is 4.79 Å². The second-order valence-electron chi connectivity index (χ2n) is 5.86.